The van der Waals surface area contributed by atoms with Gasteiger partial charge in [-0.1, -0.05) is 0 Å². The third kappa shape index (κ3) is 2.69. The first-order valence-corrected chi connectivity index (χ1v) is 5.79. The molecule has 0 radical (unpaired) electrons. The van der Waals surface area contributed by atoms with Gasteiger partial charge in [0.05, 0.1) is 11.0 Å². The van der Waals surface area contributed by atoms with Crippen LogP contribution in [-0.4, -0.2) is 41.4 Å². The third-order valence-electron chi connectivity index (χ3n) is 2.98. The number of piperazine rings is 1. The van der Waals surface area contributed by atoms with E-state index >= 15 is 0 Å². The molecule has 1 amide bonds. The predicted molar refractivity (Wildman–Crippen MR) is 66.4 cm³/mol. The van der Waals surface area contributed by atoms with E-state index in [1.165, 1.54) is 29.2 Å². The van der Waals surface area contributed by atoms with Gasteiger partial charge in [-0.05, 0) is 12.1 Å². The van der Waals surface area contributed by atoms with Gasteiger partial charge < -0.3 is 10.2 Å². The van der Waals surface area contributed by atoms with Crippen LogP contribution in [0.3, 0.4) is 0 Å². The average Bonchev–Trinajstić information content (AvgIpc) is 2.46. The topological polar surface area (TPSA) is 99.3 Å². The molecule has 7 heteroatoms. The van der Waals surface area contributed by atoms with Gasteiger partial charge in [-0.2, -0.15) is 5.26 Å². The molecule has 1 fully saturated rings. The summed E-state index contributed by atoms with van der Waals surface area (Å²) < 4.78 is 0. The summed E-state index contributed by atoms with van der Waals surface area (Å²) in [5.41, 5.74) is 0.293. The Kier molecular flexibility index (Phi) is 3.73. The molecule has 0 bridgehead atoms. The number of carbonyl (C=O) groups is 1. The summed E-state index contributed by atoms with van der Waals surface area (Å²) in [5.74, 6) is -0.275. The van der Waals surface area contributed by atoms with Crippen LogP contribution in [0.4, 0.5) is 5.69 Å². The van der Waals surface area contributed by atoms with Crippen molar-refractivity contribution in [2.24, 2.45) is 0 Å². The van der Waals surface area contributed by atoms with Crippen molar-refractivity contribution in [3.05, 3.63) is 39.9 Å². The molecule has 19 heavy (non-hydrogen) atoms. The number of nitrogens with zero attached hydrogens (tertiary/aromatic N) is 3. The van der Waals surface area contributed by atoms with Crippen LogP contribution in [0.25, 0.3) is 0 Å². The zero-order valence-electron chi connectivity index (χ0n) is 10.1. The van der Waals surface area contributed by atoms with Crippen molar-refractivity contribution in [1.29, 1.82) is 5.26 Å². The summed E-state index contributed by atoms with van der Waals surface area (Å²) in [6, 6.07) is 6.97. The monoisotopic (exact) mass is 260 g/mol. The van der Waals surface area contributed by atoms with E-state index in [2.05, 4.69) is 11.4 Å². The number of nitriles is 1. The number of hydrogen-bond acceptors (Lipinski definition) is 5. The molecule has 1 N–H and O–H groups in total. The molecular weight excluding hydrogens is 248 g/mol. The van der Waals surface area contributed by atoms with Gasteiger partial charge in [0, 0.05) is 37.3 Å². The molecule has 0 spiro atoms. The zero-order chi connectivity index (χ0) is 13.8. The Hall–Kier alpha value is -2.46. The molecule has 1 aliphatic rings. The van der Waals surface area contributed by atoms with Crippen molar-refractivity contribution in [3.63, 3.8) is 0 Å². The highest BCUT2D eigenvalue weighted by Gasteiger charge is 2.27. The Labute approximate surface area is 109 Å². The van der Waals surface area contributed by atoms with Crippen molar-refractivity contribution in [2.45, 2.75) is 6.04 Å². The number of nitro benzene ring substituents is 1. The first-order chi connectivity index (χ1) is 9.13. The smallest absolute Gasteiger partial charge is 0.269 e. The van der Waals surface area contributed by atoms with Gasteiger partial charge in [0.25, 0.3) is 11.6 Å². The highest BCUT2D eigenvalue weighted by Crippen LogP contribution is 2.15. The van der Waals surface area contributed by atoms with Crippen molar-refractivity contribution < 1.29 is 9.72 Å². The lowest BCUT2D eigenvalue weighted by atomic mass is 10.1. The quantitative estimate of drug-likeness (QED) is 0.617. The molecule has 0 aromatic heterocycles. The molecule has 1 saturated heterocycles. The third-order valence-corrected chi connectivity index (χ3v) is 2.98. The van der Waals surface area contributed by atoms with Crippen LogP contribution in [0.5, 0.6) is 0 Å². The van der Waals surface area contributed by atoms with E-state index in [-0.39, 0.29) is 11.6 Å². The number of non-ortho nitro benzene ring substituents is 1. The first kappa shape index (κ1) is 13.0. The lowest BCUT2D eigenvalue weighted by Crippen LogP contribution is -2.53. The molecule has 1 atom stereocenters. The van der Waals surface area contributed by atoms with Gasteiger partial charge in [0.2, 0.25) is 0 Å². The van der Waals surface area contributed by atoms with E-state index in [0.29, 0.717) is 25.2 Å². The Morgan fingerprint density at radius 3 is 2.74 bits per heavy atom. The number of nitrogens with one attached hydrogen (secondary N) is 1. The number of rotatable bonds is 2. The van der Waals surface area contributed by atoms with Crippen molar-refractivity contribution >= 4 is 11.6 Å². The summed E-state index contributed by atoms with van der Waals surface area (Å²) in [6.07, 6.45) is 0. The molecule has 98 valence electrons. The maximum absolute atomic E-state index is 12.2. The van der Waals surface area contributed by atoms with Crippen molar-refractivity contribution in [2.75, 3.05) is 19.6 Å². The fourth-order valence-electron chi connectivity index (χ4n) is 1.95. The summed E-state index contributed by atoms with van der Waals surface area (Å²) in [5, 5.41) is 22.6. The molecule has 0 aliphatic carbocycles. The SMILES string of the molecule is N#CC1CNCCN1C(=O)c1ccc([N+](=O)[O-])cc1. The Morgan fingerprint density at radius 1 is 1.47 bits per heavy atom. The summed E-state index contributed by atoms with van der Waals surface area (Å²) >= 11 is 0. The lowest BCUT2D eigenvalue weighted by Gasteiger charge is -2.32. The van der Waals surface area contributed by atoms with Crippen LogP contribution < -0.4 is 5.32 Å². The lowest BCUT2D eigenvalue weighted by molar-refractivity contribution is -0.384. The van der Waals surface area contributed by atoms with Gasteiger partial charge in [-0.3, -0.25) is 14.9 Å². The van der Waals surface area contributed by atoms with Gasteiger partial charge in [0.1, 0.15) is 6.04 Å². The first-order valence-electron chi connectivity index (χ1n) is 5.79. The number of amides is 1. The van der Waals surface area contributed by atoms with Crippen molar-refractivity contribution in [3.8, 4) is 6.07 Å². The highest BCUT2D eigenvalue weighted by molar-refractivity contribution is 5.95. The second-order valence-electron chi connectivity index (χ2n) is 4.15. The van der Waals surface area contributed by atoms with Crippen LogP contribution in [0, 0.1) is 21.4 Å². The highest BCUT2D eigenvalue weighted by atomic mass is 16.6. The largest absolute Gasteiger partial charge is 0.320 e. The van der Waals surface area contributed by atoms with E-state index in [1.54, 1.807) is 0 Å². The Bertz CT molecular complexity index is 535. The van der Waals surface area contributed by atoms with Gasteiger partial charge in [-0.25, -0.2) is 0 Å². The molecule has 1 aliphatic heterocycles. The minimum absolute atomic E-state index is 0.0614. The van der Waals surface area contributed by atoms with Crippen LogP contribution >= 0.6 is 0 Å². The molecule has 1 aromatic carbocycles. The molecule has 7 nitrogen and oxygen atoms in total. The standard InChI is InChI=1S/C12H12N4O3/c13-7-11-8-14-5-6-15(11)12(17)9-1-3-10(4-2-9)16(18)19/h1-4,11,14H,5-6,8H2. The van der Waals surface area contributed by atoms with Crippen LogP contribution in [0.1, 0.15) is 10.4 Å². The molecule has 1 aromatic rings. The number of hydrogen-bond donors (Lipinski definition) is 1. The second-order valence-corrected chi connectivity index (χ2v) is 4.15. The summed E-state index contributed by atoms with van der Waals surface area (Å²) in [6.45, 7) is 1.53. The van der Waals surface area contributed by atoms with Gasteiger partial charge >= 0.3 is 0 Å². The molecule has 0 saturated carbocycles. The molecular formula is C12H12N4O3. The average molecular weight is 260 g/mol. The molecule has 2 rings (SSSR count). The van der Waals surface area contributed by atoms with Crippen LogP contribution in [0.2, 0.25) is 0 Å². The van der Waals surface area contributed by atoms with Gasteiger partial charge in [0.15, 0.2) is 0 Å². The maximum atomic E-state index is 12.2. The van der Waals surface area contributed by atoms with E-state index in [1.807, 2.05) is 0 Å². The Balaban J connectivity index is 2.19. The fraction of sp³-hybridized carbons (Fsp3) is 0.333. The second kappa shape index (κ2) is 5.46. The maximum Gasteiger partial charge on any atom is 0.269 e. The van der Waals surface area contributed by atoms with Crippen molar-refractivity contribution in [1.82, 2.24) is 10.2 Å². The number of benzene rings is 1. The number of carbonyl (C=O) groups excluding carboxylic acids is 1. The van der Waals surface area contributed by atoms with Gasteiger partial charge in [-0.15, -0.1) is 0 Å². The van der Waals surface area contributed by atoms with E-state index in [9.17, 15) is 14.9 Å². The zero-order valence-corrected chi connectivity index (χ0v) is 10.1. The summed E-state index contributed by atoms with van der Waals surface area (Å²) in [7, 11) is 0. The molecule has 1 heterocycles. The van der Waals surface area contributed by atoms with E-state index < -0.39 is 11.0 Å². The fourth-order valence-corrected chi connectivity index (χ4v) is 1.95. The summed E-state index contributed by atoms with van der Waals surface area (Å²) in [4.78, 5) is 23.7. The van der Waals surface area contributed by atoms with Crippen LogP contribution in [-0.2, 0) is 0 Å². The van der Waals surface area contributed by atoms with E-state index in [0.717, 1.165) is 0 Å². The predicted octanol–water partition coefficient (Wildman–Crippen LogP) is 0.532. The van der Waals surface area contributed by atoms with E-state index in [4.69, 9.17) is 5.26 Å². The molecule has 1 unspecified atom stereocenters. The normalized spacial score (nSPS) is 18.7. The Morgan fingerprint density at radius 2 is 2.16 bits per heavy atom. The number of nitro groups is 1. The minimum Gasteiger partial charge on any atom is -0.320 e. The minimum atomic E-state index is -0.517. The van der Waals surface area contributed by atoms with Crippen LogP contribution in [0.15, 0.2) is 24.3 Å².